The number of halogens is 3. The Kier molecular flexibility index (Phi) is 6.28. The molecule has 1 aromatic carbocycles. The van der Waals surface area contributed by atoms with Crippen LogP contribution in [0.25, 0.3) is 0 Å². The predicted molar refractivity (Wildman–Crippen MR) is 109 cm³/mol. The number of amides is 1. The van der Waals surface area contributed by atoms with Gasteiger partial charge in [0.1, 0.15) is 5.69 Å². The molecule has 7 nitrogen and oxygen atoms in total. The molecule has 0 N–H and O–H groups in total. The number of alkyl halides is 3. The highest BCUT2D eigenvalue weighted by Gasteiger charge is 2.36. The molecule has 1 fully saturated rings. The van der Waals surface area contributed by atoms with Crippen LogP contribution < -0.4 is 4.90 Å². The van der Waals surface area contributed by atoms with Gasteiger partial charge in [0.25, 0.3) is 5.91 Å². The summed E-state index contributed by atoms with van der Waals surface area (Å²) in [5.74, 6) is -0.303. The lowest BCUT2D eigenvalue weighted by Gasteiger charge is -2.39. The van der Waals surface area contributed by atoms with Crippen molar-refractivity contribution in [1.29, 1.82) is 0 Å². The molecule has 0 radical (unpaired) electrons. The lowest BCUT2D eigenvalue weighted by Crippen LogP contribution is -2.55. The van der Waals surface area contributed by atoms with Crippen LogP contribution in [0, 0.1) is 0 Å². The Labute approximate surface area is 179 Å². The van der Waals surface area contributed by atoms with E-state index in [0.717, 1.165) is 30.0 Å². The molecule has 1 atom stereocenters. The van der Waals surface area contributed by atoms with E-state index < -0.39 is 27.8 Å². The number of anilines is 1. The average Bonchev–Trinajstić information content (AvgIpc) is 2.72. The van der Waals surface area contributed by atoms with Crippen molar-refractivity contribution in [3.8, 4) is 0 Å². The standard InChI is InChI=1S/C20H23F3N4O3S/c1-14-13-26(31(29,30)17-6-4-15(5-7-17)20(21,22)23)10-11-27(14)19(28)18-12-16(25(2)3)8-9-24-18/h4-9,12,14H,10-11,13H2,1-3H3. The minimum absolute atomic E-state index is 0.0302. The van der Waals surface area contributed by atoms with Crippen molar-refractivity contribution >= 4 is 21.6 Å². The number of pyridine rings is 1. The van der Waals surface area contributed by atoms with E-state index in [4.69, 9.17) is 0 Å². The summed E-state index contributed by atoms with van der Waals surface area (Å²) in [5.41, 5.74) is 0.161. The predicted octanol–water partition coefficient (Wildman–Crippen LogP) is 2.70. The summed E-state index contributed by atoms with van der Waals surface area (Å²) in [6.45, 7) is 1.94. The molecule has 2 heterocycles. The number of benzene rings is 1. The van der Waals surface area contributed by atoms with Gasteiger partial charge in [-0.15, -0.1) is 0 Å². The second-order valence-corrected chi connectivity index (χ2v) is 9.46. The topological polar surface area (TPSA) is 73.8 Å². The molecule has 1 aliphatic rings. The second kappa shape index (κ2) is 8.46. The van der Waals surface area contributed by atoms with E-state index in [0.29, 0.717) is 0 Å². The van der Waals surface area contributed by atoms with E-state index in [1.165, 1.54) is 4.31 Å². The molecule has 11 heteroatoms. The lowest BCUT2D eigenvalue weighted by molar-refractivity contribution is -0.137. The fourth-order valence-electron chi connectivity index (χ4n) is 3.37. The maximum Gasteiger partial charge on any atom is 0.416 e. The highest BCUT2D eigenvalue weighted by atomic mass is 32.2. The molecule has 1 saturated heterocycles. The molecular formula is C20H23F3N4O3S. The summed E-state index contributed by atoms with van der Waals surface area (Å²) in [6.07, 6.45) is -3.00. The number of sulfonamides is 1. The van der Waals surface area contributed by atoms with Crippen LogP contribution in [0.2, 0.25) is 0 Å². The van der Waals surface area contributed by atoms with Crippen LogP contribution in [0.15, 0.2) is 47.5 Å². The molecular weight excluding hydrogens is 433 g/mol. The summed E-state index contributed by atoms with van der Waals surface area (Å²) in [7, 11) is -0.295. The van der Waals surface area contributed by atoms with Crippen LogP contribution in [0.3, 0.4) is 0 Å². The maximum absolute atomic E-state index is 12.9. The zero-order valence-electron chi connectivity index (χ0n) is 17.3. The number of carbonyl (C=O) groups excluding carboxylic acids is 1. The molecule has 2 aromatic rings. The van der Waals surface area contributed by atoms with Crippen LogP contribution >= 0.6 is 0 Å². The number of piperazine rings is 1. The fourth-order valence-corrected chi connectivity index (χ4v) is 4.88. The molecule has 3 rings (SSSR count). The van der Waals surface area contributed by atoms with E-state index >= 15 is 0 Å². The minimum Gasteiger partial charge on any atom is -0.378 e. The van der Waals surface area contributed by atoms with Crippen LogP contribution in [-0.2, 0) is 16.2 Å². The number of hydrogen-bond acceptors (Lipinski definition) is 5. The summed E-state index contributed by atoms with van der Waals surface area (Å²) in [6, 6.07) is 6.41. The molecule has 1 unspecified atom stereocenters. The number of nitrogens with zero attached hydrogens (tertiary/aromatic N) is 4. The van der Waals surface area contributed by atoms with Gasteiger partial charge in [0.05, 0.1) is 10.5 Å². The first-order valence-corrected chi connectivity index (χ1v) is 11.0. The molecule has 0 saturated carbocycles. The third kappa shape index (κ3) is 4.82. The maximum atomic E-state index is 12.9. The van der Waals surface area contributed by atoms with Crippen LogP contribution in [-0.4, -0.2) is 68.3 Å². The van der Waals surface area contributed by atoms with E-state index in [2.05, 4.69) is 4.98 Å². The van der Waals surface area contributed by atoms with Gasteiger partial charge in [-0.3, -0.25) is 9.78 Å². The van der Waals surface area contributed by atoms with Gasteiger partial charge in [-0.2, -0.15) is 17.5 Å². The van der Waals surface area contributed by atoms with E-state index in [9.17, 15) is 26.4 Å². The Bertz CT molecular complexity index is 1060. The Morgan fingerprint density at radius 2 is 1.77 bits per heavy atom. The second-order valence-electron chi connectivity index (χ2n) is 7.53. The van der Waals surface area contributed by atoms with Crippen molar-refractivity contribution in [1.82, 2.24) is 14.2 Å². The van der Waals surface area contributed by atoms with Gasteiger partial charge < -0.3 is 9.80 Å². The SMILES string of the molecule is CC1CN(S(=O)(=O)c2ccc(C(F)(F)F)cc2)CCN1C(=O)c1cc(N(C)C)ccn1. The van der Waals surface area contributed by atoms with Crippen LogP contribution in [0.4, 0.5) is 18.9 Å². The largest absolute Gasteiger partial charge is 0.416 e. The lowest BCUT2D eigenvalue weighted by atomic mass is 10.2. The van der Waals surface area contributed by atoms with Gasteiger partial charge in [0.15, 0.2) is 0 Å². The number of hydrogen-bond donors (Lipinski definition) is 0. The van der Waals surface area contributed by atoms with Gasteiger partial charge in [-0.25, -0.2) is 8.42 Å². The first kappa shape index (κ1) is 23.0. The molecule has 1 aromatic heterocycles. The average molecular weight is 456 g/mol. The molecule has 0 spiro atoms. The highest BCUT2D eigenvalue weighted by molar-refractivity contribution is 7.89. The normalized spacial score (nSPS) is 18.1. The molecule has 1 aliphatic heterocycles. The van der Waals surface area contributed by atoms with Gasteiger partial charge in [-0.1, -0.05) is 0 Å². The number of carbonyl (C=O) groups is 1. The number of aromatic nitrogens is 1. The number of rotatable bonds is 4. The summed E-state index contributed by atoms with van der Waals surface area (Å²) >= 11 is 0. The van der Waals surface area contributed by atoms with Crippen LogP contribution in [0.1, 0.15) is 23.0 Å². The first-order valence-electron chi connectivity index (χ1n) is 9.53. The highest BCUT2D eigenvalue weighted by Crippen LogP contribution is 2.30. The van der Waals surface area contributed by atoms with Crippen LogP contribution in [0.5, 0.6) is 0 Å². The van der Waals surface area contributed by atoms with Gasteiger partial charge in [0.2, 0.25) is 10.0 Å². The van der Waals surface area contributed by atoms with E-state index in [1.807, 2.05) is 19.0 Å². The van der Waals surface area contributed by atoms with Crippen molar-refractivity contribution in [2.45, 2.75) is 24.0 Å². The third-order valence-corrected chi connectivity index (χ3v) is 7.03. The van der Waals surface area contributed by atoms with E-state index in [-0.39, 0.29) is 36.1 Å². The molecule has 168 valence electrons. The van der Waals surface area contributed by atoms with Crippen molar-refractivity contribution in [2.24, 2.45) is 0 Å². The minimum atomic E-state index is -4.54. The van der Waals surface area contributed by atoms with Gasteiger partial charge in [-0.05, 0) is 43.3 Å². The Morgan fingerprint density at radius 1 is 1.13 bits per heavy atom. The zero-order valence-corrected chi connectivity index (χ0v) is 18.1. The zero-order chi connectivity index (χ0) is 23.0. The Hall–Kier alpha value is -2.66. The summed E-state index contributed by atoms with van der Waals surface area (Å²) < 4.78 is 65.2. The molecule has 1 amide bonds. The molecule has 0 aliphatic carbocycles. The smallest absolute Gasteiger partial charge is 0.378 e. The van der Waals surface area contributed by atoms with Gasteiger partial charge in [0, 0.05) is 51.7 Å². The summed E-state index contributed by atoms with van der Waals surface area (Å²) in [4.78, 5) is 20.2. The molecule has 31 heavy (non-hydrogen) atoms. The van der Waals surface area contributed by atoms with Gasteiger partial charge >= 0.3 is 6.18 Å². The summed E-state index contributed by atoms with van der Waals surface area (Å²) in [5, 5.41) is 0. The first-order chi connectivity index (χ1) is 14.4. The van der Waals surface area contributed by atoms with Crippen molar-refractivity contribution in [2.75, 3.05) is 38.6 Å². The van der Waals surface area contributed by atoms with Crippen molar-refractivity contribution in [3.63, 3.8) is 0 Å². The Balaban J connectivity index is 1.74. The molecule has 0 bridgehead atoms. The van der Waals surface area contributed by atoms with Crippen molar-refractivity contribution < 1.29 is 26.4 Å². The van der Waals surface area contributed by atoms with Crippen molar-refractivity contribution in [3.05, 3.63) is 53.9 Å². The quantitative estimate of drug-likeness (QED) is 0.708. The fraction of sp³-hybridized carbons (Fsp3) is 0.400. The third-order valence-electron chi connectivity index (χ3n) is 5.15. The Morgan fingerprint density at radius 3 is 2.32 bits per heavy atom. The monoisotopic (exact) mass is 456 g/mol. The van der Waals surface area contributed by atoms with E-state index in [1.54, 1.807) is 30.2 Å².